The normalized spacial score (nSPS) is 32.0. The van der Waals surface area contributed by atoms with Gasteiger partial charge in [-0.2, -0.15) is 0 Å². The number of H-pyrrole nitrogens is 1. The molecule has 0 spiro atoms. The monoisotopic (exact) mass is 332 g/mol. The van der Waals surface area contributed by atoms with E-state index >= 15 is 0 Å². The molecule has 8 nitrogen and oxygen atoms in total. The van der Waals surface area contributed by atoms with Crippen molar-refractivity contribution in [3.05, 3.63) is 69.0 Å². The maximum atomic E-state index is 12.0. The smallest absolute Gasteiger partial charge is 0.330 e. The molecule has 3 heterocycles. The second kappa shape index (κ2) is 5.99. The maximum absolute atomic E-state index is 12.0. The highest BCUT2D eigenvalue weighted by Gasteiger charge is 2.53. The number of nitrogens with one attached hydrogen (secondary N) is 1. The van der Waals surface area contributed by atoms with E-state index in [0.717, 1.165) is 5.56 Å². The van der Waals surface area contributed by atoms with Gasteiger partial charge in [-0.25, -0.2) is 4.79 Å². The van der Waals surface area contributed by atoms with E-state index < -0.39 is 42.1 Å². The highest BCUT2D eigenvalue weighted by molar-refractivity contribution is 5.17. The molecule has 5 unspecified atom stereocenters. The molecule has 2 N–H and O–H groups in total. The Bertz CT molecular complexity index is 832. The molecule has 2 aliphatic rings. The first-order chi connectivity index (χ1) is 11.7. The summed E-state index contributed by atoms with van der Waals surface area (Å²) in [7, 11) is 0. The number of aliphatic hydroxyl groups is 1. The number of aromatic nitrogens is 2. The van der Waals surface area contributed by atoms with Gasteiger partial charge in [-0.15, -0.1) is 0 Å². The predicted octanol–water partition coefficient (Wildman–Crippen LogP) is -0.0909. The summed E-state index contributed by atoms with van der Waals surface area (Å²) in [6, 6.07) is 10.6. The fourth-order valence-electron chi connectivity index (χ4n) is 3.10. The van der Waals surface area contributed by atoms with Gasteiger partial charge in [0, 0.05) is 17.8 Å². The molecule has 24 heavy (non-hydrogen) atoms. The minimum atomic E-state index is -0.787. The van der Waals surface area contributed by atoms with Crippen LogP contribution < -0.4 is 11.2 Å². The molecule has 2 aliphatic heterocycles. The van der Waals surface area contributed by atoms with Gasteiger partial charge in [0.05, 0.1) is 6.61 Å². The Kier molecular flexibility index (Phi) is 3.81. The first-order valence-corrected chi connectivity index (χ1v) is 7.61. The highest BCUT2D eigenvalue weighted by Crippen LogP contribution is 2.43. The van der Waals surface area contributed by atoms with Gasteiger partial charge < -0.3 is 19.3 Å². The van der Waals surface area contributed by atoms with Crippen LogP contribution in [0.15, 0.2) is 52.2 Å². The van der Waals surface area contributed by atoms with Crippen molar-refractivity contribution >= 4 is 0 Å². The van der Waals surface area contributed by atoms with E-state index in [1.807, 2.05) is 30.3 Å². The number of benzene rings is 1. The molecule has 126 valence electrons. The van der Waals surface area contributed by atoms with Crippen molar-refractivity contribution < 1.29 is 19.3 Å². The fraction of sp³-hybridized carbons (Fsp3) is 0.375. The third-order valence-corrected chi connectivity index (χ3v) is 4.22. The minimum Gasteiger partial charge on any atom is -0.394 e. The quantitative estimate of drug-likeness (QED) is 0.814. The lowest BCUT2D eigenvalue weighted by Crippen LogP contribution is -2.36. The molecule has 1 aromatic heterocycles. The molecule has 0 radical (unpaired) electrons. The fourth-order valence-corrected chi connectivity index (χ4v) is 3.10. The van der Waals surface area contributed by atoms with Crippen LogP contribution in [0.5, 0.6) is 0 Å². The molecular formula is C16H16N2O6. The zero-order valence-corrected chi connectivity index (χ0v) is 12.6. The van der Waals surface area contributed by atoms with Crippen LogP contribution in [-0.4, -0.2) is 39.6 Å². The van der Waals surface area contributed by atoms with Gasteiger partial charge in [0.2, 0.25) is 0 Å². The van der Waals surface area contributed by atoms with Crippen molar-refractivity contribution in [2.24, 2.45) is 0 Å². The van der Waals surface area contributed by atoms with Gasteiger partial charge >= 0.3 is 5.69 Å². The second-order valence-corrected chi connectivity index (χ2v) is 5.71. The minimum absolute atomic E-state index is 0.263. The average Bonchev–Trinajstić information content (AvgIpc) is 3.15. The summed E-state index contributed by atoms with van der Waals surface area (Å²) in [6.07, 6.45) is -1.74. The van der Waals surface area contributed by atoms with Gasteiger partial charge in [-0.3, -0.25) is 14.3 Å². The Morgan fingerprint density at radius 1 is 1.04 bits per heavy atom. The lowest BCUT2D eigenvalue weighted by Gasteiger charge is -2.20. The van der Waals surface area contributed by atoms with Crippen LogP contribution in [0.1, 0.15) is 18.1 Å². The van der Waals surface area contributed by atoms with Crippen LogP contribution in [0.3, 0.4) is 0 Å². The number of fused-ring (bicyclic) bond motifs is 1. The summed E-state index contributed by atoms with van der Waals surface area (Å²) >= 11 is 0. The zero-order chi connectivity index (χ0) is 16.7. The van der Waals surface area contributed by atoms with Crippen LogP contribution >= 0.6 is 0 Å². The lowest BCUT2D eigenvalue weighted by molar-refractivity contribution is -0.155. The van der Waals surface area contributed by atoms with E-state index in [0.29, 0.717) is 0 Å². The van der Waals surface area contributed by atoms with E-state index in [1.165, 1.54) is 16.8 Å². The van der Waals surface area contributed by atoms with Crippen LogP contribution in [-0.2, 0) is 14.2 Å². The summed E-state index contributed by atoms with van der Waals surface area (Å²) in [4.78, 5) is 25.5. The van der Waals surface area contributed by atoms with Crippen molar-refractivity contribution in [3.63, 3.8) is 0 Å². The number of hydrogen-bond acceptors (Lipinski definition) is 6. The third kappa shape index (κ3) is 2.49. The lowest BCUT2D eigenvalue weighted by atomic mass is 10.1. The first-order valence-electron chi connectivity index (χ1n) is 7.61. The summed E-state index contributed by atoms with van der Waals surface area (Å²) < 4.78 is 18.8. The topological polar surface area (TPSA) is 103 Å². The van der Waals surface area contributed by atoms with Crippen LogP contribution in [0.4, 0.5) is 0 Å². The van der Waals surface area contributed by atoms with Gasteiger partial charge in [0.1, 0.15) is 18.3 Å². The molecule has 2 fully saturated rings. The molecule has 2 saturated heterocycles. The van der Waals surface area contributed by atoms with Crippen molar-refractivity contribution in [3.8, 4) is 0 Å². The molecule has 0 amide bonds. The third-order valence-electron chi connectivity index (χ3n) is 4.22. The maximum Gasteiger partial charge on any atom is 0.330 e. The summed E-state index contributed by atoms with van der Waals surface area (Å²) in [6.45, 7) is -0.263. The van der Waals surface area contributed by atoms with E-state index in [-0.39, 0.29) is 6.61 Å². The molecule has 8 heteroatoms. The summed E-state index contributed by atoms with van der Waals surface area (Å²) in [5, 5.41) is 9.54. The predicted molar refractivity (Wildman–Crippen MR) is 81.2 cm³/mol. The van der Waals surface area contributed by atoms with Crippen molar-refractivity contribution in [1.82, 2.24) is 9.55 Å². The average molecular weight is 332 g/mol. The number of rotatable bonds is 3. The van der Waals surface area contributed by atoms with Crippen molar-refractivity contribution in [2.75, 3.05) is 6.61 Å². The SMILES string of the molecule is O=c1ccn(C2OC(CO)C3OC(c4ccccc4)OC32)c(=O)[nH]1. The molecule has 0 aliphatic carbocycles. The number of hydrogen-bond donors (Lipinski definition) is 2. The van der Waals surface area contributed by atoms with Crippen molar-refractivity contribution in [1.29, 1.82) is 0 Å². The number of aromatic amines is 1. The molecule has 0 bridgehead atoms. The zero-order valence-electron chi connectivity index (χ0n) is 12.6. The van der Waals surface area contributed by atoms with E-state index in [1.54, 1.807) is 0 Å². The van der Waals surface area contributed by atoms with Crippen LogP contribution in [0, 0.1) is 0 Å². The van der Waals surface area contributed by atoms with E-state index in [4.69, 9.17) is 14.2 Å². The largest absolute Gasteiger partial charge is 0.394 e. The molecule has 0 saturated carbocycles. The van der Waals surface area contributed by atoms with Gasteiger partial charge in [-0.05, 0) is 0 Å². The summed E-state index contributed by atoms with van der Waals surface area (Å²) in [5.41, 5.74) is -0.247. The van der Waals surface area contributed by atoms with E-state index in [2.05, 4.69) is 4.98 Å². The number of aliphatic hydroxyl groups excluding tert-OH is 1. The Hall–Kier alpha value is -2.26. The number of nitrogens with zero attached hydrogens (tertiary/aromatic N) is 1. The first kappa shape index (κ1) is 15.3. The summed E-state index contributed by atoms with van der Waals surface area (Å²) in [5.74, 6) is 0. The van der Waals surface area contributed by atoms with Gasteiger partial charge in [0.15, 0.2) is 12.5 Å². The Labute approximate surface area is 136 Å². The van der Waals surface area contributed by atoms with Gasteiger partial charge in [-0.1, -0.05) is 30.3 Å². The molecule has 1 aromatic carbocycles. The Morgan fingerprint density at radius 3 is 2.50 bits per heavy atom. The molecule has 2 aromatic rings. The van der Waals surface area contributed by atoms with Crippen LogP contribution in [0.25, 0.3) is 0 Å². The Balaban J connectivity index is 1.66. The molecule has 5 atom stereocenters. The van der Waals surface area contributed by atoms with Crippen LogP contribution in [0.2, 0.25) is 0 Å². The number of ether oxygens (including phenoxy) is 3. The van der Waals surface area contributed by atoms with E-state index in [9.17, 15) is 14.7 Å². The second-order valence-electron chi connectivity index (χ2n) is 5.71. The van der Waals surface area contributed by atoms with Crippen molar-refractivity contribution in [2.45, 2.75) is 30.8 Å². The highest BCUT2D eigenvalue weighted by atomic mass is 16.8. The molecule has 4 rings (SSSR count). The molecular weight excluding hydrogens is 316 g/mol. The van der Waals surface area contributed by atoms with Gasteiger partial charge in [0.25, 0.3) is 5.56 Å². The Morgan fingerprint density at radius 2 is 1.79 bits per heavy atom. The standard InChI is InChI=1S/C16H16N2O6/c19-8-10-12-13(24-15(23-12)9-4-2-1-3-5-9)14(22-10)18-7-6-11(20)17-16(18)21/h1-7,10,12-15,19H,8H2,(H,17,20,21).